The zero-order valence-electron chi connectivity index (χ0n) is 12.1. The van der Waals surface area contributed by atoms with E-state index in [0.29, 0.717) is 30.8 Å². The summed E-state index contributed by atoms with van der Waals surface area (Å²) in [5, 5.41) is 10.3. The Labute approximate surface area is 139 Å². The van der Waals surface area contributed by atoms with Crippen molar-refractivity contribution in [3.63, 3.8) is 0 Å². The van der Waals surface area contributed by atoms with Crippen LogP contribution in [-0.4, -0.2) is 24.8 Å². The van der Waals surface area contributed by atoms with Gasteiger partial charge in [-0.15, -0.1) is 0 Å². The molecule has 0 radical (unpaired) electrons. The Morgan fingerprint density at radius 2 is 2.10 bits per heavy atom. The quantitative estimate of drug-likeness (QED) is 0.727. The van der Waals surface area contributed by atoms with E-state index in [9.17, 15) is 5.26 Å². The molecule has 0 amide bonds. The van der Waals surface area contributed by atoms with E-state index in [2.05, 4.69) is 35.8 Å². The number of hydrogen-bond donors (Lipinski definition) is 0. The van der Waals surface area contributed by atoms with Crippen molar-refractivity contribution in [2.75, 3.05) is 19.9 Å². The zero-order chi connectivity index (χ0) is 15.5. The molecule has 1 unspecified atom stereocenters. The maximum atomic E-state index is 9.67. The van der Waals surface area contributed by atoms with Crippen LogP contribution in [0.25, 0.3) is 0 Å². The Hall–Kier alpha value is -1.02. The molecule has 0 aromatic heterocycles. The topological polar surface area (TPSA) is 36.3 Å². The van der Waals surface area contributed by atoms with Gasteiger partial charge in [0.1, 0.15) is 12.1 Å². The van der Waals surface area contributed by atoms with Gasteiger partial charge in [-0.3, -0.25) is 0 Å². The minimum atomic E-state index is -0.662. The monoisotopic (exact) mass is 368 g/mol. The number of rotatable bonds is 5. The van der Waals surface area contributed by atoms with Gasteiger partial charge in [0.15, 0.2) is 0 Å². The summed E-state index contributed by atoms with van der Waals surface area (Å²) in [7, 11) is 0. The number of nitriles is 1. The minimum absolute atomic E-state index is 0.478. The summed E-state index contributed by atoms with van der Waals surface area (Å²) in [4.78, 5) is 2.03. The van der Waals surface area contributed by atoms with Crippen LogP contribution >= 0.6 is 27.5 Å². The Morgan fingerprint density at radius 3 is 2.67 bits per heavy atom. The molecule has 2 rings (SSSR count). The molecule has 0 N–H and O–H groups in total. The summed E-state index contributed by atoms with van der Waals surface area (Å²) in [6.07, 6.45) is 1.94. The van der Waals surface area contributed by atoms with Crippen molar-refractivity contribution in [1.29, 1.82) is 5.26 Å². The third kappa shape index (κ3) is 3.79. The molecular weight excluding hydrogens is 352 g/mol. The molecule has 112 valence electrons. The predicted molar refractivity (Wildman–Crippen MR) is 88.1 cm³/mol. The van der Waals surface area contributed by atoms with Crippen molar-refractivity contribution in [1.82, 2.24) is 4.90 Å². The van der Waals surface area contributed by atoms with Crippen molar-refractivity contribution in [2.45, 2.75) is 19.3 Å². The van der Waals surface area contributed by atoms with E-state index in [1.54, 1.807) is 0 Å². The van der Waals surface area contributed by atoms with Crippen LogP contribution in [0.3, 0.4) is 0 Å². The average Bonchev–Trinajstić information content (AvgIpc) is 2.77. The molecule has 21 heavy (non-hydrogen) atoms. The molecule has 3 nitrogen and oxygen atoms in total. The van der Waals surface area contributed by atoms with Crippen LogP contribution in [0.15, 0.2) is 34.9 Å². The van der Waals surface area contributed by atoms with Crippen molar-refractivity contribution in [2.24, 2.45) is 5.92 Å². The Bertz CT molecular complexity index is 565. The first-order valence-corrected chi connectivity index (χ1v) is 8.02. The van der Waals surface area contributed by atoms with Crippen LogP contribution in [0.1, 0.15) is 19.4 Å². The smallest absolute Gasteiger partial charge is 0.121 e. The summed E-state index contributed by atoms with van der Waals surface area (Å²) in [6.45, 7) is 5.98. The lowest BCUT2D eigenvalue weighted by molar-refractivity contribution is 0.0384. The van der Waals surface area contributed by atoms with Gasteiger partial charge in [-0.2, -0.15) is 5.26 Å². The van der Waals surface area contributed by atoms with Gasteiger partial charge in [-0.25, -0.2) is 0 Å². The molecule has 1 heterocycles. The van der Waals surface area contributed by atoms with E-state index < -0.39 is 5.41 Å². The van der Waals surface area contributed by atoms with E-state index in [4.69, 9.17) is 16.3 Å². The fourth-order valence-corrected chi connectivity index (χ4v) is 3.02. The second kappa shape index (κ2) is 6.83. The van der Waals surface area contributed by atoms with E-state index in [1.807, 2.05) is 35.2 Å². The molecule has 0 fully saturated rings. The number of ether oxygens (including phenoxy) is 1. The zero-order valence-corrected chi connectivity index (χ0v) is 14.5. The lowest BCUT2D eigenvalue weighted by atomic mass is 9.83. The summed E-state index contributed by atoms with van der Waals surface area (Å²) < 4.78 is 6.56. The molecular formula is C16H18BrClN2O. The maximum absolute atomic E-state index is 9.67. The van der Waals surface area contributed by atoms with Gasteiger partial charge in [0.25, 0.3) is 0 Å². The molecule has 5 heteroatoms. The van der Waals surface area contributed by atoms with E-state index in [-0.39, 0.29) is 0 Å². The molecule has 1 aromatic rings. The van der Waals surface area contributed by atoms with Gasteiger partial charge in [0.05, 0.1) is 17.3 Å². The van der Waals surface area contributed by atoms with Crippen LogP contribution in [0.2, 0.25) is 5.02 Å². The summed E-state index contributed by atoms with van der Waals surface area (Å²) in [5.74, 6) is 0.493. The molecule has 1 aliphatic heterocycles. The summed E-state index contributed by atoms with van der Waals surface area (Å²) in [5.41, 5.74) is 0.280. The van der Waals surface area contributed by atoms with Gasteiger partial charge in [-0.05, 0) is 45.6 Å². The van der Waals surface area contributed by atoms with Crippen molar-refractivity contribution >= 4 is 27.5 Å². The van der Waals surface area contributed by atoms with E-state index in [1.165, 1.54) is 0 Å². The van der Waals surface area contributed by atoms with Crippen LogP contribution < -0.4 is 0 Å². The first kappa shape index (κ1) is 16.4. The molecule has 0 aliphatic carbocycles. The standard InChI is InChI=1S/C16H18BrClN2O/c1-12(2)8-21-11-20-10-16(9-19,7-15(20)17)13-3-5-14(18)6-4-13/h3-7,12H,8,10-11H2,1-2H3. The van der Waals surface area contributed by atoms with Crippen molar-refractivity contribution in [3.05, 3.63) is 45.5 Å². The number of hydrogen-bond acceptors (Lipinski definition) is 3. The Kier molecular flexibility index (Phi) is 5.32. The molecule has 0 spiro atoms. The van der Waals surface area contributed by atoms with Crippen LogP contribution in [-0.2, 0) is 10.2 Å². The van der Waals surface area contributed by atoms with E-state index in [0.717, 1.165) is 10.2 Å². The SMILES string of the molecule is CC(C)COCN1CC(C#N)(c2ccc(Cl)cc2)C=C1Br. The first-order chi connectivity index (χ1) is 9.97. The highest BCUT2D eigenvalue weighted by molar-refractivity contribution is 9.11. The normalized spacial score (nSPS) is 21.5. The number of nitrogens with zero attached hydrogens (tertiary/aromatic N) is 2. The van der Waals surface area contributed by atoms with Gasteiger partial charge in [0, 0.05) is 11.6 Å². The second-order valence-electron chi connectivity index (χ2n) is 5.65. The van der Waals surface area contributed by atoms with Crippen LogP contribution in [0.5, 0.6) is 0 Å². The Balaban J connectivity index is 2.13. The highest BCUT2D eigenvalue weighted by atomic mass is 79.9. The van der Waals surface area contributed by atoms with Gasteiger partial charge in [0.2, 0.25) is 0 Å². The van der Waals surface area contributed by atoms with Gasteiger partial charge in [-0.1, -0.05) is 37.6 Å². The van der Waals surface area contributed by atoms with Crippen molar-refractivity contribution < 1.29 is 4.74 Å². The average molecular weight is 370 g/mol. The van der Waals surface area contributed by atoms with Gasteiger partial charge < -0.3 is 9.64 Å². The third-order valence-electron chi connectivity index (χ3n) is 3.37. The number of halogens is 2. The molecule has 0 bridgehead atoms. The highest BCUT2D eigenvalue weighted by Gasteiger charge is 2.38. The lowest BCUT2D eigenvalue weighted by Crippen LogP contribution is -2.32. The number of benzene rings is 1. The molecule has 1 aromatic carbocycles. The summed E-state index contributed by atoms with van der Waals surface area (Å²) >= 11 is 9.45. The fourth-order valence-electron chi connectivity index (χ4n) is 2.28. The van der Waals surface area contributed by atoms with Crippen LogP contribution in [0, 0.1) is 17.2 Å². The highest BCUT2D eigenvalue weighted by Crippen LogP contribution is 2.37. The second-order valence-corrected chi connectivity index (χ2v) is 6.90. The first-order valence-electron chi connectivity index (χ1n) is 6.85. The molecule has 0 saturated heterocycles. The Morgan fingerprint density at radius 1 is 1.43 bits per heavy atom. The van der Waals surface area contributed by atoms with Crippen LogP contribution in [0.4, 0.5) is 0 Å². The third-order valence-corrected chi connectivity index (χ3v) is 4.35. The maximum Gasteiger partial charge on any atom is 0.121 e. The largest absolute Gasteiger partial charge is 0.361 e. The molecule has 1 atom stereocenters. The summed E-state index contributed by atoms with van der Waals surface area (Å²) in [6, 6.07) is 9.86. The van der Waals surface area contributed by atoms with E-state index >= 15 is 0 Å². The molecule has 1 aliphatic rings. The predicted octanol–water partition coefficient (Wildman–Crippen LogP) is 4.28. The fraction of sp³-hybridized carbons (Fsp3) is 0.438. The minimum Gasteiger partial charge on any atom is -0.361 e. The van der Waals surface area contributed by atoms with Crippen molar-refractivity contribution in [3.8, 4) is 6.07 Å². The van der Waals surface area contributed by atoms with Gasteiger partial charge >= 0.3 is 0 Å². The lowest BCUT2D eigenvalue weighted by Gasteiger charge is -2.24. The molecule has 0 saturated carbocycles.